The highest BCUT2D eigenvalue weighted by Gasteiger charge is 2.32. The Balaban J connectivity index is 1.43. The van der Waals surface area contributed by atoms with Crippen LogP contribution in [-0.4, -0.2) is 84.2 Å². The highest BCUT2D eigenvalue weighted by molar-refractivity contribution is 6.45. The zero-order valence-corrected chi connectivity index (χ0v) is 20.6. The number of hydrogen-bond donors (Lipinski definition) is 0. The second kappa shape index (κ2) is 9.94. The highest BCUT2D eigenvalue weighted by Crippen LogP contribution is 2.29. The molecule has 0 aliphatic carbocycles. The molecule has 5 rings (SSSR count). The minimum absolute atomic E-state index is 0.0472. The smallest absolute Gasteiger partial charge is 0.295 e. The molecule has 3 aromatic heterocycles. The van der Waals surface area contributed by atoms with E-state index in [1.807, 2.05) is 6.07 Å². The van der Waals surface area contributed by atoms with Crippen LogP contribution >= 0.6 is 11.6 Å². The van der Waals surface area contributed by atoms with Crippen LogP contribution < -0.4 is 0 Å². The normalized spacial score (nSPS) is 13.7. The fourth-order valence-corrected chi connectivity index (χ4v) is 4.64. The molecule has 0 unspecified atom stereocenters. The van der Waals surface area contributed by atoms with Crippen LogP contribution in [0.25, 0.3) is 16.7 Å². The van der Waals surface area contributed by atoms with Gasteiger partial charge >= 0.3 is 0 Å². The average Bonchev–Trinajstić information content (AvgIpc) is 3.56. The van der Waals surface area contributed by atoms with Gasteiger partial charge in [0.1, 0.15) is 12.2 Å². The number of ketones is 1. The van der Waals surface area contributed by atoms with E-state index in [9.17, 15) is 19.2 Å². The number of aryl methyl sites for hydroxylation is 1. The van der Waals surface area contributed by atoms with Crippen molar-refractivity contribution in [2.24, 2.45) is 0 Å². The van der Waals surface area contributed by atoms with Crippen LogP contribution in [0.4, 0.5) is 0 Å². The summed E-state index contributed by atoms with van der Waals surface area (Å²) >= 11 is 6.17. The Labute approximate surface area is 216 Å². The third-order valence-electron chi connectivity index (χ3n) is 6.30. The molecule has 0 atom stereocenters. The van der Waals surface area contributed by atoms with E-state index in [0.29, 0.717) is 42.1 Å². The number of pyridine rings is 1. The van der Waals surface area contributed by atoms with Crippen LogP contribution in [0.3, 0.4) is 0 Å². The summed E-state index contributed by atoms with van der Waals surface area (Å²) in [5, 5.41) is 4.54. The van der Waals surface area contributed by atoms with Gasteiger partial charge in [-0.1, -0.05) is 18.2 Å². The number of carbonyl (C=O) groups is 4. The van der Waals surface area contributed by atoms with E-state index in [2.05, 4.69) is 15.1 Å². The lowest BCUT2D eigenvalue weighted by Crippen LogP contribution is -2.52. The van der Waals surface area contributed by atoms with Gasteiger partial charge in [0.15, 0.2) is 12.1 Å². The molecule has 1 fully saturated rings. The lowest BCUT2D eigenvalue weighted by molar-refractivity contribution is -0.127. The summed E-state index contributed by atoms with van der Waals surface area (Å²) in [6.07, 6.45) is 4.83. The molecule has 0 bridgehead atoms. The number of alkyl halides is 1. The summed E-state index contributed by atoms with van der Waals surface area (Å²) in [4.78, 5) is 62.8. The predicted octanol–water partition coefficient (Wildman–Crippen LogP) is 2.10. The minimum Gasteiger partial charge on any atom is -0.335 e. The van der Waals surface area contributed by atoms with Crippen LogP contribution in [-0.2, 0) is 10.8 Å². The molecule has 0 spiro atoms. The van der Waals surface area contributed by atoms with Gasteiger partial charge in [-0.05, 0) is 19.1 Å². The van der Waals surface area contributed by atoms with Crippen LogP contribution in [0.15, 0.2) is 49.1 Å². The zero-order valence-electron chi connectivity index (χ0n) is 19.9. The van der Waals surface area contributed by atoms with Crippen molar-refractivity contribution in [1.82, 2.24) is 34.1 Å². The summed E-state index contributed by atoms with van der Waals surface area (Å²) in [6, 6.07) is 8.85. The summed E-state index contributed by atoms with van der Waals surface area (Å²) in [5.74, 6) is -0.779. The SMILES string of the molecule is Cc1ncn(-c2ncc(C=O)c3c(C(=O)C(=O)N4CCN(C(=O)c5ccccc5)CC4)cn(CCl)c23)n1. The number of amides is 2. The summed E-state index contributed by atoms with van der Waals surface area (Å²) in [5.41, 5.74) is 1.15. The molecule has 11 nitrogen and oxygen atoms in total. The first-order chi connectivity index (χ1) is 17.9. The van der Waals surface area contributed by atoms with Crippen molar-refractivity contribution < 1.29 is 19.2 Å². The summed E-state index contributed by atoms with van der Waals surface area (Å²) in [7, 11) is 0. The van der Waals surface area contributed by atoms with Gasteiger partial charge in [0.2, 0.25) is 0 Å². The molecule has 1 saturated heterocycles. The highest BCUT2D eigenvalue weighted by atomic mass is 35.5. The molecule has 1 aliphatic rings. The molecule has 2 amide bonds. The summed E-state index contributed by atoms with van der Waals surface area (Å²) in [6.45, 7) is 2.74. The first kappa shape index (κ1) is 24.3. The van der Waals surface area contributed by atoms with Crippen molar-refractivity contribution >= 4 is 46.4 Å². The maximum atomic E-state index is 13.4. The van der Waals surface area contributed by atoms with Gasteiger partial charge in [-0.2, -0.15) is 5.10 Å². The van der Waals surface area contributed by atoms with Crippen molar-refractivity contribution in [1.29, 1.82) is 0 Å². The number of benzene rings is 1. The number of piperazine rings is 1. The monoisotopic (exact) mass is 519 g/mol. The van der Waals surface area contributed by atoms with Crippen molar-refractivity contribution in [3.05, 3.63) is 71.6 Å². The number of Topliss-reactive ketones (excluding diaryl/α,β-unsaturated/α-hetero) is 1. The van der Waals surface area contributed by atoms with Gasteiger partial charge in [-0.3, -0.25) is 19.2 Å². The van der Waals surface area contributed by atoms with E-state index in [0.717, 1.165) is 0 Å². The lowest BCUT2D eigenvalue weighted by atomic mass is 10.0. The third-order valence-corrected chi connectivity index (χ3v) is 6.56. The number of aromatic nitrogens is 5. The maximum Gasteiger partial charge on any atom is 0.295 e. The first-order valence-corrected chi connectivity index (χ1v) is 12.1. The van der Waals surface area contributed by atoms with Gasteiger partial charge in [-0.25, -0.2) is 14.6 Å². The van der Waals surface area contributed by atoms with E-state index in [-0.39, 0.29) is 41.5 Å². The second-order valence-electron chi connectivity index (χ2n) is 8.53. The topological polar surface area (TPSA) is 123 Å². The number of fused-ring (bicyclic) bond motifs is 1. The molecule has 37 heavy (non-hydrogen) atoms. The second-order valence-corrected chi connectivity index (χ2v) is 8.77. The number of hydrogen-bond acceptors (Lipinski definition) is 7. The third kappa shape index (κ3) is 4.38. The minimum atomic E-state index is -0.772. The van der Waals surface area contributed by atoms with Crippen LogP contribution in [0.5, 0.6) is 0 Å². The van der Waals surface area contributed by atoms with Crippen molar-refractivity contribution in [2.45, 2.75) is 12.9 Å². The molecule has 0 radical (unpaired) electrons. The van der Waals surface area contributed by atoms with Gasteiger partial charge in [0.05, 0.1) is 17.1 Å². The standard InChI is InChI=1S/C25H22ClN7O4/c1-16-28-15-33(29-16)23-21-20(18(13-34)11-27-23)19(12-32(21)14-26)22(35)25(37)31-9-7-30(8-10-31)24(36)17-5-3-2-4-6-17/h2-6,11-13,15H,7-10,14H2,1H3. The molecule has 0 saturated carbocycles. The number of nitrogens with zero attached hydrogens (tertiary/aromatic N) is 7. The fourth-order valence-electron chi connectivity index (χ4n) is 4.45. The Morgan fingerprint density at radius 1 is 1.03 bits per heavy atom. The maximum absolute atomic E-state index is 13.4. The fraction of sp³-hybridized carbons (Fsp3) is 0.240. The van der Waals surface area contributed by atoms with Gasteiger partial charge in [0, 0.05) is 55.1 Å². The Morgan fingerprint density at radius 3 is 2.35 bits per heavy atom. The van der Waals surface area contributed by atoms with Gasteiger partial charge in [-0.15, -0.1) is 11.6 Å². The number of carbonyl (C=O) groups excluding carboxylic acids is 4. The van der Waals surface area contributed by atoms with Gasteiger partial charge in [0.25, 0.3) is 17.6 Å². The molecule has 12 heteroatoms. The quantitative estimate of drug-likeness (QED) is 0.165. The average molecular weight is 520 g/mol. The molecule has 0 N–H and O–H groups in total. The Bertz CT molecular complexity index is 1520. The predicted molar refractivity (Wildman–Crippen MR) is 134 cm³/mol. The van der Waals surface area contributed by atoms with Crippen molar-refractivity contribution in [2.75, 3.05) is 26.2 Å². The molecule has 4 aromatic rings. The van der Waals surface area contributed by atoms with Crippen molar-refractivity contribution in [3.8, 4) is 5.82 Å². The van der Waals surface area contributed by atoms with Gasteiger partial charge < -0.3 is 14.4 Å². The Morgan fingerprint density at radius 2 is 1.73 bits per heavy atom. The van der Waals surface area contributed by atoms with E-state index in [1.54, 1.807) is 40.7 Å². The first-order valence-electron chi connectivity index (χ1n) is 11.5. The Kier molecular flexibility index (Phi) is 6.53. The molecule has 4 heterocycles. The molecular formula is C25H22ClN7O4. The van der Waals surface area contributed by atoms with Crippen molar-refractivity contribution in [3.63, 3.8) is 0 Å². The van der Waals surface area contributed by atoms with Crippen LogP contribution in [0.2, 0.25) is 0 Å². The van der Waals surface area contributed by atoms with E-state index < -0.39 is 11.7 Å². The van der Waals surface area contributed by atoms with E-state index >= 15 is 0 Å². The largest absolute Gasteiger partial charge is 0.335 e. The van der Waals surface area contributed by atoms with Crippen LogP contribution in [0, 0.1) is 6.92 Å². The zero-order chi connectivity index (χ0) is 26.1. The lowest BCUT2D eigenvalue weighted by Gasteiger charge is -2.34. The molecular weight excluding hydrogens is 498 g/mol. The number of rotatable bonds is 6. The van der Waals surface area contributed by atoms with E-state index in [1.165, 1.54) is 28.3 Å². The molecule has 188 valence electrons. The van der Waals surface area contributed by atoms with Crippen LogP contribution in [0.1, 0.15) is 36.9 Å². The van der Waals surface area contributed by atoms with E-state index in [4.69, 9.17) is 11.6 Å². The molecule has 1 aromatic carbocycles. The Hall–Kier alpha value is -4.38. The molecule has 1 aliphatic heterocycles. The number of aldehydes is 1. The summed E-state index contributed by atoms with van der Waals surface area (Å²) < 4.78 is 2.97. The number of halogens is 1.